The number of hydrogen-bond acceptors (Lipinski definition) is 6. The highest BCUT2D eigenvalue weighted by molar-refractivity contribution is 7.89. The molecule has 3 aliphatic heterocycles. The Morgan fingerprint density at radius 1 is 1.15 bits per heavy atom. The third kappa shape index (κ3) is 4.03. The van der Waals surface area contributed by atoms with Crippen molar-refractivity contribution in [3.8, 4) is 0 Å². The number of nitrogens with two attached hydrogens (primary N) is 1. The molecule has 3 saturated heterocycles. The van der Waals surface area contributed by atoms with Crippen LogP contribution in [0.2, 0.25) is 0 Å². The quantitative estimate of drug-likeness (QED) is 0.599. The summed E-state index contributed by atoms with van der Waals surface area (Å²) in [4.78, 5) is 16.4. The smallest absolute Gasteiger partial charge is 0.237 e. The van der Waals surface area contributed by atoms with E-state index in [2.05, 4.69) is 9.80 Å². The molecular weight excluding hydrogens is 368 g/mol. The van der Waals surface area contributed by atoms with Crippen LogP contribution in [0.3, 0.4) is 0 Å². The van der Waals surface area contributed by atoms with Crippen LogP contribution in [0.1, 0.15) is 46.0 Å². The number of carbonyl (C=O) groups is 1. The fraction of sp³-hybridized carbons (Fsp3) is 0.944. The van der Waals surface area contributed by atoms with E-state index in [9.17, 15) is 18.3 Å². The summed E-state index contributed by atoms with van der Waals surface area (Å²) in [5.74, 6) is -0.260. The first-order chi connectivity index (χ1) is 12.7. The molecule has 1 amide bonds. The molecule has 27 heavy (non-hydrogen) atoms. The number of amides is 1. The summed E-state index contributed by atoms with van der Waals surface area (Å²) in [6.45, 7) is 6.52. The van der Waals surface area contributed by atoms with E-state index in [1.165, 1.54) is 0 Å². The van der Waals surface area contributed by atoms with Crippen molar-refractivity contribution >= 4 is 15.9 Å². The fourth-order valence-corrected chi connectivity index (χ4v) is 6.28. The van der Waals surface area contributed by atoms with Gasteiger partial charge in [-0.05, 0) is 46.0 Å². The van der Waals surface area contributed by atoms with Gasteiger partial charge in [-0.1, -0.05) is 0 Å². The molecule has 3 atom stereocenters. The number of nitrogens with zero attached hydrogens (tertiary/aromatic N) is 3. The SMILES string of the molecule is CC(C)S(=O)(=O)N1CCN(CC(O)CN2C3CCC[C@@]2(C(N)=O)CC3)CC1. The summed E-state index contributed by atoms with van der Waals surface area (Å²) in [5, 5.41) is 10.3. The highest BCUT2D eigenvalue weighted by atomic mass is 32.2. The minimum absolute atomic E-state index is 0.260. The Bertz CT molecular complexity index is 644. The van der Waals surface area contributed by atoms with Crippen molar-refractivity contribution in [1.82, 2.24) is 14.1 Å². The molecule has 3 rings (SSSR count). The number of aliphatic hydroxyl groups excluding tert-OH is 1. The van der Waals surface area contributed by atoms with E-state index in [-0.39, 0.29) is 5.91 Å². The van der Waals surface area contributed by atoms with Crippen LogP contribution in [0.5, 0.6) is 0 Å². The Morgan fingerprint density at radius 2 is 1.81 bits per heavy atom. The summed E-state index contributed by atoms with van der Waals surface area (Å²) in [6, 6.07) is 0.342. The molecular formula is C18H34N4O4S. The van der Waals surface area contributed by atoms with Crippen molar-refractivity contribution in [3.63, 3.8) is 0 Å². The molecule has 3 N–H and O–H groups in total. The van der Waals surface area contributed by atoms with Gasteiger partial charge in [-0.15, -0.1) is 0 Å². The number of piperidine rings is 1. The molecule has 9 heteroatoms. The van der Waals surface area contributed by atoms with Gasteiger partial charge in [0.05, 0.1) is 11.4 Å². The number of sulfonamides is 1. The molecule has 0 aromatic carbocycles. The standard InChI is InChI=1S/C18H34N4O4S/c1-14(2)27(25,26)21-10-8-20(9-11-21)12-16(23)13-22-15-4-3-6-18(22,7-5-15)17(19)24/h14-16,23H,3-13H2,1-2H3,(H2,19,24)/t15?,16?,18-/m0/s1. The van der Waals surface area contributed by atoms with E-state index >= 15 is 0 Å². The molecule has 0 spiro atoms. The van der Waals surface area contributed by atoms with Crippen LogP contribution in [0, 0.1) is 0 Å². The Kier molecular flexibility index (Phi) is 6.17. The maximum absolute atomic E-state index is 12.3. The molecule has 0 aliphatic carbocycles. The largest absolute Gasteiger partial charge is 0.390 e. The van der Waals surface area contributed by atoms with Crippen molar-refractivity contribution in [2.75, 3.05) is 39.3 Å². The molecule has 0 aromatic rings. The van der Waals surface area contributed by atoms with Gasteiger partial charge in [0.25, 0.3) is 0 Å². The molecule has 3 fully saturated rings. The number of piperazine rings is 1. The summed E-state index contributed by atoms with van der Waals surface area (Å²) in [7, 11) is -3.21. The van der Waals surface area contributed by atoms with E-state index < -0.39 is 26.9 Å². The van der Waals surface area contributed by atoms with Crippen LogP contribution < -0.4 is 5.73 Å². The first kappa shape index (κ1) is 21.0. The Morgan fingerprint density at radius 3 is 2.41 bits per heavy atom. The van der Waals surface area contributed by atoms with Crippen molar-refractivity contribution in [2.24, 2.45) is 5.73 Å². The van der Waals surface area contributed by atoms with Gasteiger partial charge in [0, 0.05) is 45.3 Å². The number of primary amides is 1. The number of rotatable bonds is 7. The Hall–Kier alpha value is -0.740. The summed E-state index contributed by atoms with van der Waals surface area (Å²) >= 11 is 0. The maximum atomic E-state index is 12.3. The van der Waals surface area contributed by atoms with E-state index in [1.807, 2.05) is 0 Å². The molecule has 3 heterocycles. The van der Waals surface area contributed by atoms with Crippen LogP contribution in [0.25, 0.3) is 0 Å². The third-order valence-corrected chi connectivity index (χ3v) is 8.91. The van der Waals surface area contributed by atoms with Crippen molar-refractivity contribution in [2.45, 2.75) is 68.9 Å². The van der Waals surface area contributed by atoms with E-state index in [0.717, 1.165) is 32.1 Å². The first-order valence-electron chi connectivity index (χ1n) is 10.1. The highest BCUT2D eigenvalue weighted by Gasteiger charge is 2.52. The van der Waals surface area contributed by atoms with Crippen molar-refractivity contribution in [3.05, 3.63) is 0 Å². The number of β-amino-alcohol motifs (C(OH)–C–C–N with tert-alkyl or cyclic N) is 1. The molecule has 2 unspecified atom stereocenters. The molecule has 0 saturated carbocycles. The minimum atomic E-state index is -3.21. The first-order valence-corrected chi connectivity index (χ1v) is 11.6. The van der Waals surface area contributed by atoms with Gasteiger partial charge >= 0.3 is 0 Å². The lowest BCUT2D eigenvalue weighted by atomic mass is 9.87. The maximum Gasteiger partial charge on any atom is 0.237 e. The number of fused-ring (bicyclic) bond motifs is 2. The van der Waals surface area contributed by atoms with E-state index in [0.29, 0.717) is 45.3 Å². The lowest BCUT2D eigenvalue weighted by Crippen LogP contribution is -2.60. The fourth-order valence-electron chi connectivity index (χ4n) is 5.01. The van der Waals surface area contributed by atoms with Gasteiger partial charge in [-0.2, -0.15) is 4.31 Å². The summed E-state index contributed by atoms with van der Waals surface area (Å²) in [6.07, 6.45) is 4.07. The summed E-state index contributed by atoms with van der Waals surface area (Å²) < 4.78 is 26.1. The number of hydrogen-bond donors (Lipinski definition) is 2. The van der Waals surface area contributed by atoms with Gasteiger partial charge in [0.1, 0.15) is 5.54 Å². The molecule has 3 aliphatic rings. The van der Waals surface area contributed by atoms with Crippen LogP contribution in [-0.4, -0.2) is 95.7 Å². The highest BCUT2D eigenvalue weighted by Crippen LogP contribution is 2.43. The number of aliphatic hydroxyl groups is 1. The molecule has 0 aromatic heterocycles. The lowest BCUT2D eigenvalue weighted by molar-refractivity contribution is -0.132. The minimum Gasteiger partial charge on any atom is -0.390 e. The van der Waals surface area contributed by atoms with E-state index in [1.54, 1.807) is 18.2 Å². The molecule has 156 valence electrons. The van der Waals surface area contributed by atoms with Crippen LogP contribution in [-0.2, 0) is 14.8 Å². The van der Waals surface area contributed by atoms with Gasteiger partial charge < -0.3 is 10.8 Å². The molecule has 0 radical (unpaired) electrons. The van der Waals surface area contributed by atoms with E-state index in [4.69, 9.17) is 5.73 Å². The van der Waals surface area contributed by atoms with Gasteiger partial charge in [-0.3, -0.25) is 14.6 Å². The topological polar surface area (TPSA) is 107 Å². The van der Waals surface area contributed by atoms with Gasteiger partial charge in [0.15, 0.2) is 0 Å². The molecule has 8 nitrogen and oxygen atoms in total. The third-order valence-electron chi connectivity index (χ3n) is 6.63. The second kappa shape index (κ2) is 7.94. The van der Waals surface area contributed by atoms with Crippen LogP contribution >= 0.6 is 0 Å². The van der Waals surface area contributed by atoms with Crippen molar-refractivity contribution in [1.29, 1.82) is 0 Å². The predicted molar refractivity (Wildman–Crippen MR) is 104 cm³/mol. The average molecular weight is 403 g/mol. The zero-order valence-electron chi connectivity index (χ0n) is 16.5. The van der Waals surface area contributed by atoms with Crippen LogP contribution in [0.15, 0.2) is 0 Å². The lowest BCUT2D eigenvalue weighted by Gasteiger charge is -2.44. The Balaban J connectivity index is 1.53. The van der Waals surface area contributed by atoms with Crippen LogP contribution in [0.4, 0.5) is 0 Å². The van der Waals surface area contributed by atoms with Gasteiger partial charge in [0.2, 0.25) is 15.9 Å². The zero-order chi connectivity index (χ0) is 19.8. The van der Waals surface area contributed by atoms with Crippen molar-refractivity contribution < 1.29 is 18.3 Å². The average Bonchev–Trinajstić information content (AvgIpc) is 2.80. The van der Waals surface area contributed by atoms with Gasteiger partial charge in [-0.25, -0.2) is 8.42 Å². The number of carbonyl (C=O) groups excluding carboxylic acids is 1. The zero-order valence-corrected chi connectivity index (χ0v) is 17.3. The second-order valence-corrected chi connectivity index (χ2v) is 11.1. The predicted octanol–water partition coefficient (Wildman–Crippen LogP) is -0.424. The Labute approximate surface area is 162 Å². The second-order valence-electron chi connectivity index (χ2n) is 8.58. The normalized spacial score (nSPS) is 32.1. The summed E-state index contributed by atoms with van der Waals surface area (Å²) in [5.41, 5.74) is 5.16. The molecule has 2 bridgehead atoms. The monoisotopic (exact) mass is 402 g/mol.